The number of rotatable bonds is 2. The van der Waals surface area contributed by atoms with Gasteiger partial charge < -0.3 is 9.79 Å². The van der Waals surface area contributed by atoms with E-state index in [0.29, 0.717) is 5.56 Å². The van der Waals surface area contributed by atoms with Crippen molar-refractivity contribution in [2.45, 2.75) is 19.0 Å². The minimum atomic E-state index is -4.23. The predicted molar refractivity (Wildman–Crippen MR) is 51.5 cm³/mol. The molecule has 0 aliphatic rings. The van der Waals surface area contributed by atoms with Crippen molar-refractivity contribution in [2.75, 3.05) is 0 Å². The molecule has 0 bridgehead atoms. The fourth-order valence-corrected chi connectivity index (χ4v) is 1.51. The molecular formula is C9H12FO3P. The molecule has 1 aromatic rings. The molecule has 0 unspecified atom stereocenters. The smallest absolute Gasteiger partial charge is 0.324 e. The van der Waals surface area contributed by atoms with Gasteiger partial charge in [-0.05, 0) is 31.5 Å². The van der Waals surface area contributed by atoms with Gasteiger partial charge in [-0.25, -0.2) is 4.39 Å². The van der Waals surface area contributed by atoms with E-state index in [1.54, 1.807) is 0 Å². The van der Waals surface area contributed by atoms with Gasteiger partial charge in [0, 0.05) is 0 Å². The minimum absolute atomic E-state index is 0.421. The van der Waals surface area contributed by atoms with Gasteiger partial charge in [-0.15, -0.1) is 0 Å². The topological polar surface area (TPSA) is 57.5 Å². The largest absolute Gasteiger partial charge is 0.335 e. The molecule has 0 spiro atoms. The lowest BCUT2D eigenvalue weighted by atomic mass is 10.0. The zero-order chi connectivity index (χ0) is 11.0. The predicted octanol–water partition coefficient (Wildman–Crippen LogP) is 2.24. The second-order valence-electron chi connectivity index (χ2n) is 3.61. The lowest BCUT2D eigenvalue weighted by Gasteiger charge is -2.26. The van der Waals surface area contributed by atoms with Crippen molar-refractivity contribution in [1.29, 1.82) is 0 Å². The van der Waals surface area contributed by atoms with Crippen molar-refractivity contribution < 1.29 is 18.7 Å². The maximum Gasteiger partial charge on any atom is 0.335 e. The molecular weight excluding hydrogens is 206 g/mol. The summed E-state index contributed by atoms with van der Waals surface area (Å²) in [7, 11) is -4.23. The molecule has 2 N–H and O–H groups in total. The zero-order valence-electron chi connectivity index (χ0n) is 7.94. The second kappa shape index (κ2) is 3.46. The van der Waals surface area contributed by atoms with Crippen LogP contribution in [0.4, 0.5) is 4.39 Å². The Morgan fingerprint density at radius 1 is 1.21 bits per heavy atom. The average Bonchev–Trinajstić information content (AvgIpc) is 2.03. The van der Waals surface area contributed by atoms with E-state index in [4.69, 9.17) is 9.79 Å². The normalized spacial score (nSPS) is 12.9. The van der Waals surface area contributed by atoms with Crippen molar-refractivity contribution >= 4 is 7.60 Å². The summed E-state index contributed by atoms with van der Waals surface area (Å²) in [5, 5.41) is -1.28. The van der Waals surface area contributed by atoms with E-state index >= 15 is 0 Å². The van der Waals surface area contributed by atoms with E-state index in [1.165, 1.54) is 38.1 Å². The van der Waals surface area contributed by atoms with Crippen LogP contribution in [0.2, 0.25) is 0 Å². The first-order valence-corrected chi connectivity index (χ1v) is 5.68. The van der Waals surface area contributed by atoms with Crippen LogP contribution in [0.1, 0.15) is 19.4 Å². The highest BCUT2D eigenvalue weighted by Gasteiger charge is 2.39. The third kappa shape index (κ3) is 2.03. The minimum Gasteiger partial charge on any atom is -0.324 e. The molecule has 0 saturated carbocycles. The Kier molecular flexibility index (Phi) is 2.81. The Morgan fingerprint density at radius 3 is 2.00 bits per heavy atom. The molecule has 14 heavy (non-hydrogen) atoms. The van der Waals surface area contributed by atoms with Crippen LogP contribution in [0.15, 0.2) is 24.3 Å². The highest BCUT2D eigenvalue weighted by molar-refractivity contribution is 7.53. The summed E-state index contributed by atoms with van der Waals surface area (Å²) in [6, 6.07) is 5.14. The highest BCUT2D eigenvalue weighted by atomic mass is 31.2. The monoisotopic (exact) mass is 218 g/mol. The molecule has 0 aliphatic carbocycles. The van der Waals surface area contributed by atoms with Crippen LogP contribution in [0, 0.1) is 5.82 Å². The van der Waals surface area contributed by atoms with E-state index in [2.05, 4.69) is 0 Å². The fourth-order valence-electron chi connectivity index (χ4n) is 1.03. The molecule has 0 aliphatic heterocycles. The van der Waals surface area contributed by atoms with Crippen molar-refractivity contribution in [3.05, 3.63) is 35.6 Å². The molecule has 0 saturated heterocycles. The highest BCUT2D eigenvalue weighted by Crippen LogP contribution is 2.56. The molecule has 1 aromatic carbocycles. The van der Waals surface area contributed by atoms with E-state index < -0.39 is 18.6 Å². The van der Waals surface area contributed by atoms with Crippen molar-refractivity contribution in [1.82, 2.24) is 0 Å². The van der Waals surface area contributed by atoms with Gasteiger partial charge in [-0.1, -0.05) is 12.1 Å². The summed E-state index contributed by atoms with van der Waals surface area (Å²) in [6.07, 6.45) is 0. The standard InChI is InChI=1S/C9H12FO3P/c1-9(2,14(11,12)13)7-3-5-8(10)6-4-7/h3-6H,1-2H3,(H2,11,12,13). The number of hydrogen-bond acceptors (Lipinski definition) is 1. The first-order valence-electron chi connectivity index (χ1n) is 4.07. The van der Waals surface area contributed by atoms with Crippen molar-refractivity contribution in [3.8, 4) is 0 Å². The Balaban J connectivity index is 3.17. The second-order valence-corrected chi connectivity index (χ2v) is 5.82. The molecule has 78 valence electrons. The zero-order valence-corrected chi connectivity index (χ0v) is 8.83. The maximum atomic E-state index is 12.6. The van der Waals surface area contributed by atoms with Crippen LogP contribution < -0.4 is 0 Å². The average molecular weight is 218 g/mol. The van der Waals surface area contributed by atoms with E-state index in [-0.39, 0.29) is 0 Å². The summed E-state index contributed by atoms with van der Waals surface area (Å²) in [6.45, 7) is 2.86. The summed E-state index contributed by atoms with van der Waals surface area (Å²) in [4.78, 5) is 18.2. The Bertz CT molecular complexity index is 366. The molecule has 3 nitrogen and oxygen atoms in total. The summed E-state index contributed by atoms with van der Waals surface area (Å²) >= 11 is 0. The number of halogens is 1. The lowest BCUT2D eigenvalue weighted by molar-refractivity contribution is 0.338. The summed E-state index contributed by atoms with van der Waals surface area (Å²) in [5.41, 5.74) is 0.423. The van der Waals surface area contributed by atoms with Gasteiger partial charge in [-0.2, -0.15) is 0 Å². The molecule has 1 rings (SSSR count). The van der Waals surface area contributed by atoms with Crippen LogP contribution >= 0.6 is 7.60 Å². The van der Waals surface area contributed by atoms with Crippen molar-refractivity contribution in [2.24, 2.45) is 0 Å². The van der Waals surface area contributed by atoms with Gasteiger partial charge in [-0.3, -0.25) is 4.57 Å². The number of benzene rings is 1. The van der Waals surface area contributed by atoms with Crippen LogP contribution in [-0.2, 0) is 9.72 Å². The van der Waals surface area contributed by atoms with Crippen LogP contribution in [0.3, 0.4) is 0 Å². The van der Waals surface area contributed by atoms with Crippen molar-refractivity contribution in [3.63, 3.8) is 0 Å². The molecule has 5 heteroatoms. The van der Waals surface area contributed by atoms with Gasteiger partial charge in [0.05, 0.1) is 5.16 Å². The summed E-state index contributed by atoms with van der Waals surface area (Å²) in [5.74, 6) is -0.421. The maximum absolute atomic E-state index is 12.6. The lowest BCUT2D eigenvalue weighted by Crippen LogP contribution is -2.17. The van der Waals surface area contributed by atoms with Gasteiger partial charge in [0.1, 0.15) is 5.82 Å². The fraction of sp³-hybridized carbons (Fsp3) is 0.333. The third-order valence-corrected chi connectivity index (χ3v) is 3.99. The van der Waals surface area contributed by atoms with Gasteiger partial charge in [0.2, 0.25) is 0 Å². The third-order valence-electron chi connectivity index (χ3n) is 2.28. The van der Waals surface area contributed by atoms with Gasteiger partial charge in [0.15, 0.2) is 0 Å². The van der Waals surface area contributed by atoms with Gasteiger partial charge >= 0.3 is 7.60 Å². The molecule has 0 fully saturated rings. The first kappa shape index (κ1) is 11.4. The molecule has 0 aromatic heterocycles. The molecule has 0 amide bonds. The summed E-state index contributed by atoms with van der Waals surface area (Å²) < 4.78 is 23.7. The van der Waals surface area contributed by atoms with Crippen LogP contribution in [0.25, 0.3) is 0 Å². The quantitative estimate of drug-likeness (QED) is 0.748. The van der Waals surface area contributed by atoms with E-state index in [0.717, 1.165) is 0 Å². The first-order chi connectivity index (χ1) is 6.25. The van der Waals surface area contributed by atoms with Gasteiger partial charge in [0.25, 0.3) is 0 Å². The number of hydrogen-bond donors (Lipinski definition) is 2. The molecule has 0 heterocycles. The Hall–Kier alpha value is -0.700. The Labute approximate surface area is 81.7 Å². The Morgan fingerprint density at radius 2 is 1.64 bits per heavy atom. The van der Waals surface area contributed by atoms with E-state index in [9.17, 15) is 8.96 Å². The molecule has 0 atom stereocenters. The molecule has 0 radical (unpaired) electrons. The SMILES string of the molecule is CC(C)(c1ccc(F)cc1)P(=O)(O)O. The van der Waals surface area contributed by atoms with Crippen LogP contribution in [-0.4, -0.2) is 9.79 Å². The van der Waals surface area contributed by atoms with Crippen LogP contribution in [0.5, 0.6) is 0 Å². The van der Waals surface area contributed by atoms with E-state index in [1.807, 2.05) is 0 Å².